The molecule has 0 atom stereocenters. The van der Waals surface area contributed by atoms with E-state index in [0.29, 0.717) is 0 Å². The second-order valence-corrected chi connectivity index (χ2v) is 6.65. The summed E-state index contributed by atoms with van der Waals surface area (Å²) in [5.41, 5.74) is 0.990. The largest absolute Gasteiger partial charge is 0.465 e. The summed E-state index contributed by atoms with van der Waals surface area (Å²) in [5, 5.41) is 6.53. The van der Waals surface area contributed by atoms with Gasteiger partial charge in [0, 0.05) is 0 Å². The molecular weight excluding hydrogens is 354 g/mol. The van der Waals surface area contributed by atoms with Crippen molar-refractivity contribution in [3.8, 4) is 0 Å². The Labute approximate surface area is 134 Å². The van der Waals surface area contributed by atoms with Crippen LogP contribution < -0.4 is 4.72 Å². The number of halogens is 1. The number of aromatic nitrogens is 2. The van der Waals surface area contributed by atoms with Gasteiger partial charge in [-0.1, -0.05) is 29.0 Å². The normalized spacial score (nSPS) is 11.0. The Kier molecular flexibility index (Phi) is 4.74. The van der Waals surface area contributed by atoms with Crippen molar-refractivity contribution in [2.24, 2.45) is 0 Å². The summed E-state index contributed by atoms with van der Waals surface area (Å²) in [7, 11) is -3.30. The number of nitrogens with zero attached hydrogens (tertiary/aromatic N) is 2. The van der Waals surface area contributed by atoms with Crippen LogP contribution in [0.15, 0.2) is 28.6 Å². The molecule has 8 nitrogen and oxygen atoms in total. The van der Waals surface area contributed by atoms with Crippen LogP contribution in [0, 0.1) is 0 Å². The minimum Gasteiger partial charge on any atom is -0.465 e. The Morgan fingerprint density at radius 3 is 2.68 bits per heavy atom. The van der Waals surface area contributed by atoms with Crippen molar-refractivity contribution in [2.75, 3.05) is 7.11 Å². The van der Waals surface area contributed by atoms with Crippen LogP contribution in [-0.2, 0) is 14.8 Å². The van der Waals surface area contributed by atoms with Crippen LogP contribution in [-0.4, -0.2) is 37.6 Å². The quantitative estimate of drug-likeness (QED) is 0.810. The van der Waals surface area contributed by atoms with Crippen molar-refractivity contribution < 1.29 is 22.7 Å². The van der Waals surface area contributed by atoms with Gasteiger partial charge in [-0.05, 0) is 12.1 Å². The van der Waals surface area contributed by atoms with E-state index in [1.807, 2.05) is 0 Å². The molecule has 1 aromatic carbocycles. The summed E-state index contributed by atoms with van der Waals surface area (Å²) in [5.74, 6) is -1.87. The summed E-state index contributed by atoms with van der Waals surface area (Å²) in [6.45, 7) is 0. The molecule has 0 fully saturated rings. The maximum atomic E-state index is 12.3. The number of amides is 1. The maximum absolute atomic E-state index is 12.3. The minimum absolute atomic E-state index is 0.143. The highest BCUT2D eigenvalue weighted by atomic mass is 35.5. The molecule has 1 amide bonds. The predicted octanol–water partition coefficient (Wildman–Crippen LogP) is 1.10. The third kappa shape index (κ3) is 3.24. The van der Waals surface area contributed by atoms with Gasteiger partial charge in [0.2, 0.25) is 5.01 Å². The molecule has 0 radical (unpaired) electrons. The first-order chi connectivity index (χ1) is 10.4. The topological polar surface area (TPSA) is 115 Å². The summed E-state index contributed by atoms with van der Waals surface area (Å²) >= 11 is 6.72. The zero-order valence-electron chi connectivity index (χ0n) is 10.9. The zero-order chi connectivity index (χ0) is 16.3. The Hall–Kier alpha value is -2.04. The van der Waals surface area contributed by atoms with Gasteiger partial charge in [0.25, 0.3) is 15.9 Å². The van der Waals surface area contributed by atoms with E-state index in [-0.39, 0.29) is 15.6 Å². The summed E-state index contributed by atoms with van der Waals surface area (Å²) in [6.07, 6.45) is 0. The molecule has 0 spiro atoms. The van der Waals surface area contributed by atoms with Crippen molar-refractivity contribution in [3.63, 3.8) is 0 Å². The van der Waals surface area contributed by atoms with E-state index < -0.39 is 26.8 Å². The molecule has 0 unspecified atom stereocenters. The van der Waals surface area contributed by atoms with Crippen LogP contribution in [0.2, 0.25) is 5.02 Å². The average Bonchev–Trinajstić information content (AvgIpc) is 2.99. The van der Waals surface area contributed by atoms with Crippen LogP contribution >= 0.6 is 22.9 Å². The lowest BCUT2D eigenvalue weighted by Gasteiger charge is -2.11. The molecule has 1 aromatic heterocycles. The van der Waals surface area contributed by atoms with Gasteiger partial charge < -0.3 is 4.74 Å². The highest BCUT2D eigenvalue weighted by molar-refractivity contribution is 7.90. The Morgan fingerprint density at radius 2 is 2.09 bits per heavy atom. The van der Waals surface area contributed by atoms with Gasteiger partial charge in [-0.2, -0.15) is 0 Å². The van der Waals surface area contributed by atoms with Crippen molar-refractivity contribution in [1.82, 2.24) is 14.9 Å². The van der Waals surface area contributed by atoms with Gasteiger partial charge in [0.1, 0.15) is 10.4 Å². The lowest BCUT2D eigenvalue weighted by molar-refractivity contribution is 0.0596. The molecule has 1 heterocycles. The smallest absolute Gasteiger partial charge is 0.339 e. The second-order valence-electron chi connectivity index (χ2n) is 3.79. The molecule has 0 saturated carbocycles. The SMILES string of the molecule is COC(=O)c1cccc(Cl)c1S(=O)(=O)NC(=O)c1nncs1. The van der Waals surface area contributed by atoms with Crippen molar-refractivity contribution in [2.45, 2.75) is 4.90 Å². The number of carbonyl (C=O) groups is 2. The Bertz CT molecular complexity index is 820. The fourth-order valence-corrected chi connectivity index (χ4v) is 3.74. The Morgan fingerprint density at radius 1 is 1.36 bits per heavy atom. The molecule has 0 aliphatic rings. The molecule has 2 aromatic rings. The molecule has 116 valence electrons. The van der Waals surface area contributed by atoms with E-state index in [1.54, 1.807) is 4.72 Å². The molecule has 0 aliphatic heterocycles. The number of nitrogens with one attached hydrogen (secondary N) is 1. The number of ether oxygens (including phenoxy) is 1. The summed E-state index contributed by atoms with van der Waals surface area (Å²) < 4.78 is 31.0. The second kappa shape index (κ2) is 6.38. The van der Waals surface area contributed by atoms with Gasteiger partial charge in [0.05, 0.1) is 17.7 Å². The lowest BCUT2D eigenvalue weighted by atomic mass is 10.2. The van der Waals surface area contributed by atoms with E-state index in [4.69, 9.17) is 11.6 Å². The van der Waals surface area contributed by atoms with Crippen LogP contribution in [0.1, 0.15) is 20.2 Å². The first-order valence-corrected chi connectivity index (χ1v) is 8.31. The molecule has 0 aliphatic carbocycles. The van der Waals surface area contributed by atoms with Gasteiger partial charge >= 0.3 is 5.97 Å². The number of rotatable bonds is 4. The number of carbonyl (C=O) groups excluding carboxylic acids is 2. The molecule has 0 saturated heterocycles. The van der Waals surface area contributed by atoms with Gasteiger partial charge in [-0.15, -0.1) is 10.2 Å². The number of hydrogen-bond acceptors (Lipinski definition) is 8. The van der Waals surface area contributed by atoms with Crippen LogP contribution in [0.25, 0.3) is 0 Å². The third-order valence-electron chi connectivity index (χ3n) is 2.42. The highest BCUT2D eigenvalue weighted by Gasteiger charge is 2.28. The minimum atomic E-state index is -4.40. The number of methoxy groups -OCH3 is 1. The van der Waals surface area contributed by atoms with Gasteiger partial charge in [-0.25, -0.2) is 17.9 Å². The summed E-state index contributed by atoms with van der Waals surface area (Å²) in [4.78, 5) is 22.9. The molecule has 0 bridgehead atoms. The van der Waals surface area contributed by atoms with E-state index in [2.05, 4.69) is 14.9 Å². The molecule has 22 heavy (non-hydrogen) atoms. The molecular formula is C11H8ClN3O5S2. The molecule has 11 heteroatoms. The van der Waals surface area contributed by atoms with E-state index in [1.165, 1.54) is 23.7 Å². The third-order valence-corrected chi connectivity index (χ3v) is 4.97. The van der Waals surface area contributed by atoms with E-state index in [0.717, 1.165) is 18.4 Å². The van der Waals surface area contributed by atoms with Crippen LogP contribution in [0.5, 0.6) is 0 Å². The van der Waals surface area contributed by atoms with Crippen molar-refractivity contribution in [1.29, 1.82) is 0 Å². The molecule has 2 rings (SSSR count). The number of benzene rings is 1. The summed E-state index contributed by atoms with van der Waals surface area (Å²) in [6, 6.07) is 3.89. The van der Waals surface area contributed by atoms with Crippen molar-refractivity contribution >= 4 is 44.8 Å². The van der Waals surface area contributed by atoms with Crippen LogP contribution in [0.4, 0.5) is 0 Å². The first kappa shape index (κ1) is 16.3. The van der Waals surface area contributed by atoms with E-state index in [9.17, 15) is 18.0 Å². The number of hydrogen-bond donors (Lipinski definition) is 1. The standard InChI is InChI=1S/C11H8ClN3O5S2/c1-20-11(17)6-3-2-4-7(12)8(6)22(18,19)15-9(16)10-14-13-5-21-10/h2-5H,1H3,(H,15,16). The number of esters is 1. The first-order valence-electron chi connectivity index (χ1n) is 5.57. The average molecular weight is 362 g/mol. The zero-order valence-corrected chi connectivity index (χ0v) is 13.3. The predicted molar refractivity (Wildman–Crippen MR) is 77.4 cm³/mol. The van der Waals surface area contributed by atoms with Gasteiger partial charge in [-0.3, -0.25) is 4.79 Å². The number of sulfonamides is 1. The van der Waals surface area contributed by atoms with E-state index >= 15 is 0 Å². The maximum Gasteiger partial charge on any atom is 0.339 e. The monoisotopic (exact) mass is 361 g/mol. The molecule has 1 N–H and O–H groups in total. The lowest BCUT2D eigenvalue weighted by Crippen LogP contribution is -2.32. The highest BCUT2D eigenvalue weighted by Crippen LogP contribution is 2.26. The van der Waals surface area contributed by atoms with Crippen LogP contribution in [0.3, 0.4) is 0 Å². The fraction of sp³-hybridized carbons (Fsp3) is 0.0909. The Balaban J connectivity index is 2.46. The fourth-order valence-electron chi connectivity index (χ4n) is 1.54. The van der Waals surface area contributed by atoms with Gasteiger partial charge in [0.15, 0.2) is 0 Å². The van der Waals surface area contributed by atoms with Crippen molar-refractivity contribution in [3.05, 3.63) is 39.3 Å².